The summed E-state index contributed by atoms with van der Waals surface area (Å²) in [5, 5.41) is 4.93. The van der Waals surface area contributed by atoms with Gasteiger partial charge in [0, 0.05) is 19.4 Å². The second-order valence-electron chi connectivity index (χ2n) is 3.30. The van der Waals surface area contributed by atoms with Crippen molar-refractivity contribution in [2.75, 3.05) is 5.73 Å². The molecule has 0 fully saturated rings. The molecule has 0 bridgehead atoms. The van der Waals surface area contributed by atoms with Crippen LogP contribution in [0.4, 0.5) is 5.69 Å². The lowest BCUT2D eigenvalue weighted by molar-refractivity contribution is 0.766. The Hall–Kier alpha value is -1.49. The highest BCUT2D eigenvalue weighted by atomic mass is 32.2. The van der Waals surface area contributed by atoms with Crippen molar-refractivity contribution in [3.05, 3.63) is 30.2 Å². The lowest BCUT2D eigenvalue weighted by Crippen LogP contribution is -1.94. The molecule has 0 aliphatic heterocycles. The van der Waals surface area contributed by atoms with Crippen LogP contribution in [0.1, 0.15) is 5.56 Å². The van der Waals surface area contributed by atoms with Crippen molar-refractivity contribution in [3.63, 3.8) is 0 Å². The number of aryl methyl sites for hydroxylation is 2. The second kappa shape index (κ2) is 3.94. The zero-order valence-electron chi connectivity index (χ0n) is 8.64. The van der Waals surface area contributed by atoms with E-state index in [-0.39, 0.29) is 0 Å². The number of hydrogen-bond acceptors (Lipinski definition) is 4. The van der Waals surface area contributed by atoms with Crippen molar-refractivity contribution < 1.29 is 0 Å². The first-order valence-corrected chi connectivity index (χ1v) is 5.36. The van der Waals surface area contributed by atoms with Gasteiger partial charge in [-0.3, -0.25) is 4.68 Å². The molecule has 0 unspecified atom stereocenters. The van der Waals surface area contributed by atoms with Gasteiger partial charge >= 0.3 is 0 Å². The van der Waals surface area contributed by atoms with E-state index in [1.807, 2.05) is 26.2 Å². The molecule has 2 rings (SSSR count). The summed E-state index contributed by atoms with van der Waals surface area (Å²) >= 11 is 1.53. The Kier molecular flexibility index (Phi) is 2.64. The Morgan fingerprint density at radius 2 is 2.27 bits per heavy atom. The molecular weight excluding hydrogens is 208 g/mol. The molecule has 2 heterocycles. The fourth-order valence-corrected chi connectivity index (χ4v) is 2.10. The Morgan fingerprint density at radius 3 is 2.93 bits per heavy atom. The standard InChI is InChI=1S/C10H12N4S/c1-7-3-4-12-10(9(7)11)15-8-5-13-14(2)6-8/h3-6H,11H2,1-2H3. The van der Waals surface area contributed by atoms with E-state index in [0.717, 1.165) is 21.2 Å². The van der Waals surface area contributed by atoms with Gasteiger partial charge in [-0.15, -0.1) is 0 Å². The molecule has 0 spiro atoms. The van der Waals surface area contributed by atoms with E-state index in [0.29, 0.717) is 0 Å². The van der Waals surface area contributed by atoms with Gasteiger partial charge in [0.25, 0.3) is 0 Å². The number of nitrogens with zero attached hydrogens (tertiary/aromatic N) is 3. The van der Waals surface area contributed by atoms with Gasteiger partial charge in [-0.2, -0.15) is 5.10 Å². The van der Waals surface area contributed by atoms with Crippen molar-refractivity contribution in [3.8, 4) is 0 Å². The van der Waals surface area contributed by atoms with E-state index in [2.05, 4.69) is 10.1 Å². The average Bonchev–Trinajstić information content (AvgIpc) is 2.59. The predicted octanol–water partition coefficient (Wildman–Crippen LogP) is 1.86. The van der Waals surface area contributed by atoms with Gasteiger partial charge in [0.15, 0.2) is 0 Å². The molecule has 0 amide bonds. The van der Waals surface area contributed by atoms with Crippen molar-refractivity contribution in [1.82, 2.24) is 14.8 Å². The van der Waals surface area contributed by atoms with Crippen molar-refractivity contribution in [2.24, 2.45) is 7.05 Å². The third-order valence-electron chi connectivity index (χ3n) is 2.07. The van der Waals surface area contributed by atoms with Crippen LogP contribution < -0.4 is 5.73 Å². The van der Waals surface area contributed by atoms with E-state index in [1.54, 1.807) is 17.1 Å². The molecule has 0 aromatic carbocycles. The van der Waals surface area contributed by atoms with E-state index in [9.17, 15) is 0 Å². The SMILES string of the molecule is Cc1ccnc(Sc2cnn(C)c2)c1N. The van der Waals surface area contributed by atoms with E-state index in [4.69, 9.17) is 5.73 Å². The van der Waals surface area contributed by atoms with Crippen LogP contribution in [0.2, 0.25) is 0 Å². The molecule has 5 heteroatoms. The van der Waals surface area contributed by atoms with Gasteiger partial charge in [-0.1, -0.05) is 11.8 Å². The Labute approximate surface area is 92.5 Å². The highest BCUT2D eigenvalue weighted by Crippen LogP contribution is 2.30. The van der Waals surface area contributed by atoms with Crippen LogP contribution in [-0.2, 0) is 7.05 Å². The van der Waals surface area contributed by atoms with Crippen LogP contribution in [-0.4, -0.2) is 14.8 Å². The highest BCUT2D eigenvalue weighted by Gasteiger charge is 2.06. The number of nitrogens with two attached hydrogens (primary N) is 1. The summed E-state index contributed by atoms with van der Waals surface area (Å²) in [5.41, 5.74) is 7.72. The van der Waals surface area contributed by atoms with Gasteiger partial charge < -0.3 is 5.73 Å². The van der Waals surface area contributed by atoms with Crippen LogP contribution in [0.25, 0.3) is 0 Å². The second-order valence-corrected chi connectivity index (χ2v) is 4.36. The Morgan fingerprint density at radius 1 is 1.47 bits per heavy atom. The predicted molar refractivity (Wildman–Crippen MR) is 60.7 cm³/mol. The first kappa shape index (κ1) is 10.0. The van der Waals surface area contributed by atoms with Crippen molar-refractivity contribution in [2.45, 2.75) is 16.8 Å². The Bertz CT molecular complexity index is 478. The molecule has 78 valence electrons. The van der Waals surface area contributed by atoms with Gasteiger partial charge in [0.1, 0.15) is 5.03 Å². The fourth-order valence-electron chi connectivity index (χ4n) is 1.19. The fraction of sp³-hybridized carbons (Fsp3) is 0.200. The van der Waals surface area contributed by atoms with Crippen LogP contribution in [0.15, 0.2) is 34.6 Å². The van der Waals surface area contributed by atoms with Gasteiger partial charge in [0.05, 0.1) is 16.8 Å². The molecule has 2 aromatic heterocycles. The maximum absolute atomic E-state index is 5.93. The molecule has 15 heavy (non-hydrogen) atoms. The number of nitrogen functional groups attached to an aromatic ring is 1. The quantitative estimate of drug-likeness (QED) is 0.839. The first-order valence-electron chi connectivity index (χ1n) is 4.54. The topological polar surface area (TPSA) is 56.7 Å². The summed E-state index contributed by atoms with van der Waals surface area (Å²) in [6.07, 6.45) is 5.51. The molecule has 0 aliphatic carbocycles. The van der Waals surface area contributed by atoms with Crippen molar-refractivity contribution >= 4 is 17.4 Å². The number of aromatic nitrogens is 3. The largest absolute Gasteiger partial charge is 0.396 e. The Balaban J connectivity index is 2.28. The molecule has 0 radical (unpaired) electrons. The van der Waals surface area contributed by atoms with Crippen molar-refractivity contribution in [1.29, 1.82) is 0 Å². The van der Waals surface area contributed by atoms with Gasteiger partial charge in [0.2, 0.25) is 0 Å². The number of rotatable bonds is 2. The molecule has 2 N–H and O–H groups in total. The highest BCUT2D eigenvalue weighted by molar-refractivity contribution is 7.99. The summed E-state index contributed by atoms with van der Waals surface area (Å²) in [6, 6.07) is 1.91. The minimum atomic E-state index is 0.742. The first-order chi connectivity index (χ1) is 7.16. The van der Waals surface area contributed by atoms with E-state index >= 15 is 0 Å². The van der Waals surface area contributed by atoms with E-state index in [1.165, 1.54) is 11.8 Å². The monoisotopic (exact) mass is 220 g/mol. The van der Waals surface area contributed by atoms with Crippen LogP contribution in [0.3, 0.4) is 0 Å². The molecule has 0 saturated heterocycles. The smallest absolute Gasteiger partial charge is 0.124 e. The maximum atomic E-state index is 5.93. The summed E-state index contributed by atoms with van der Waals surface area (Å²) in [4.78, 5) is 5.29. The summed E-state index contributed by atoms with van der Waals surface area (Å²) in [7, 11) is 1.89. The summed E-state index contributed by atoms with van der Waals surface area (Å²) in [6.45, 7) is 1.98. The number of hydrogen-bond donors (Lipinski definition) is 1. The third kappa shape index (κ3) is 2.12. The summed E-state index contributed by atoms with van der Waals surface area (Å²) in [5.74, 6) is 0. The van der Waals surface area contributed by atoms with Gasteiger partial charge in [-0.25, -0.2) is 4.98 Å². The third-order valence-corrected chi connectivity index (χ3v) is 3.03. The lowest BCUT2D eigenvalue weighted by Gasteiger charge is -2.04. The molecular formula is C10H12N4S. The van der Waals surface area contributed by atoms with Crippen LogP contribution in [0, 0.1) is 6.92 Å². The minimum Gasteiger partial charge on any atom is -0.396 e. The van der Waals surface area contributed by atoms with E-state index < -0.39 is 0 Å². The molecule has 0 aliphatic rings. The molecule has 4 nitrogen and oxygen atoms in total. The summed E-state index contributed by atoms with van der Waals surface area (Å²) < 4.78 is 1.76. The minimum absolute atomic E-state index is 0.742. The maximum Gasteiger partial charge on any atom is 0.124 e. The normalized spacial score (nSPS) is 10.5. The zero-order chi connectivity index (χ0) is 10.8. The molecule has 0 saturated carbocycles. The van der Waals surface area contributed by atoms with Gasteiger partial charge in [-0.05, 0) is 18.6 Å². The molecule has 0 atom stereocenters. The zero-order valence-corrected chi connectivity index (χ0v) is 9.45. The van der Waals surface area contributed by atoms with Crippen LogP contribution >= 0.6 is 11.8 Å². The number of pyridine rings is 1. The number of anilines is 1. The average molecular weight is 220 g/mol. The lowest BCUT2D eigenvalue weighted by atomic mass is 10.3. The molecule has 2 aromatic rings. The van der Waals surface area contributed by atoms with Crippen LogP contribution in [0.5, 0.6) is 0 Å².